The second kappa shape index (κ2) is 7.28. The summed E-state index contributed by atoms with van der Waals surface area (Å²) in [6.07, 6.45) is 0.785. The van der Waals surface area contributed by atoms with E-state index in [0.29, 0.717) is 39.9 Å². The molecule has 1 N–H and O–H groups in total. The van der Waals surface area contributed by atoms with E-state index in [4.69, 9.17) is 16.3 Å². The van der Waals surface area contributed by atoms with E-state index in [-0.39, 0.29) is 10.0 Å². The number of nitrogens with one attached hydrogen (secondary N) is 1. The monoisotopic (exact) mass is 481 g/mol. The SMILES string of the molecule is COc1ccc(S(=O)(=O)N2CCCNCC2)c2cc(I)nc(Cl)c12. The first-order valence-electron chi connectivity index (χ1n) is 7.49. The van der Waals surface area contributed by atoms with Gasteiger partial charge in [0.2, 0.25) is 10.0 Å². The summed E-state index contributed by atoms with van der Waals surface area (Å²) in [5.41, 5.74) is 0. The smallest absolute Gasteiger partial charge is 0.243 e. The molecule has 6 nitrogen and oxygen atoms in total. The molecule has 1 aliphatic rings. The highest BCUT2D eigenvalue weighted by Crippen LogP contribution is 2.37. The molecule has 1 aromatic heterocycles. The molecule has 0 aliphatic carbocycles. The van der Waals surface area contributed by atoms with Gasteiger partial charge < -0.3 is 10.1 Å². The first-order valence-corrected chi connectivity index (χ1v) is 10.4. The molecule has 2 aromatic rings. The Morgan fingerprint density at radius 1 is 1.33 bits per heavy atom. The Hall–Kier alpha value is -0.680. The highest BCUT2D eigenvalue weighted by molar-refractivity contribution is 14.1. The average molecular weight is 482 g/mol. The number of methoxy groups -OCH3 is 1. The second-order valence-electron chi connectivity index (χ2n) is 5.43. The maximum absolute atomic E-state index is 13.2. The Labute approximate surface area is 159 Å². The zero-order valence-corrected chi connectivity index (χ0v) is 16.8. The van der Waals surface area contributed by atoms with Crippen molar-refractivity contribution in [1.29, 1.82) is 0 Å². The van der Waals surface area contributed by atoms with Crippen LogP contribution < -0.4 is 10.1 Å². The van der Waals surface area contributed by atoms with Crippen LogP contribution in [0.2, 0.25) is 5.15 Å². The first kappa shape index (κ1) is 18.1. The third-order valence-electron chi connectivity index (χ3n) is 3.98. The molecule has 0 saturated carbocycles. The van der Waals surface area contributed by atoms with Gasteiger partial charge in [-0.1, -0.05) is 11.6 Å². The van der Waals surface area contributed by atoms with Gasteiger partial charge in [0.25, 0.3) is 0 Å². The minimum Gasteiger partial charge on any atom is -0.496 e. The number of pyridine rings is 1. The van der Waals surface area contributed by atoms with Crippen LogP contribution in [0.25, 0.3) is 10.8 Å². The average Bonchev–Trinajstić information content (AvgIpc) is 2.83. The minimum atomic E-state index is -3.62. The molecule has 0 spiro atoms. The molecule has 0 amide bonds. The number of hydrogen-bond acceptors (Lipinski definition) is 5. The van der Waals surface area contributed by atoms with Crippen LogP contribution in [0.1, 0.15) is 6.42 Å². The van der Waals surface area contributed by atoms with Crippen LogP contribution in [-0.2, 0) is 10.0 Å². The minimum absolute atomic E-state index is 0.238. The van der Waals surface area contributed by atoms with Gasteiger partial charge in [0.15, 0.2) is 0 Å². The highest BCUT2D eigenvalue weighted by Gasteiger charge is 2.28. The molecule has 1 fully saturated rings. The van der Waals surface area contributed by atoms with Crippen molar-refractivity contribution in [2.24, 2.45) is 0 Å². The molecule has 24 heavy (non-hydrogen) atoms. The van der Waals surface area contributed by atoms with E-state index in [9.17, 15) is 8.42 Å². The Balaban J connectivity index is 2.22. The van der Waals surface area contributed by atoms with Crippen LogP contribution >= 0.6 is 34.2 Å². The predicted molar refractivity (Wildman–Crippen MR) is 102 cm³/mol. The molecule has 1 aliphatic heterocycles. The quantitative estimate of drug-likeness (QED) is 0.539. The van der Waals surface area contributed by atoms with Crippen molar-refractivity contribution in [1.82, 2.24) is 14.6 Å². The molecule has 130 valence electrons. The zero-order chi connectivity index (χ0) is 17.3. The molecule has 0 bridgehead atoms. The number of rotatable bonds is 3. The molecular weight excluding hydrogens is 465 g/mol. The third-order valence-corrected chi connectivity index (χ3v) is 6.76. The lowest BCUT2D eigenvalue weighted by Gasteiger charge is -2.21. The number of halogens is 2. The van der Waals surface area contributed by atoms with E-state index in [1.165, 1.54) is 11.4 Å². The topological polar surface area (TPSA) is 71.5 Å². The van der Waals surface area contributed by atoms with Gasteiger partial charge in [-0.25, -0.2) is 13.4 Å². The summed E-state index contributed by atoms with van der Waals surface area (Å²) >= 11 is 8.29. The summed E-state index contributed by atoms with van der Waals surface area (Å²) in [4.78, 5) is 4.45. The fourth-order valence-electron chi connectivity index (χ4n) is 2.83. The predicted octanol–water partition coefficient (Wildman–Crippen LogP) is 2.49. The Kier molecular flexibility index (Phi) is 5.50. The Bertz CT molecular complexity index is 868. The molecule has 0 radical (unpaired) electrons. The fraction of sp³-hybridized carbons (Fsp3) is 0.400. The van der Waals surface area contributed by atoms with Gasteiger partial charge in [-0.15, -0.1) is 0 Å². The maximum Gasteiger partial charge on any atom is 0.243 e. The number of benzene rings is 1. The van der Waals surface area contributed by atoms with Crippen molar-refractivity contribution in [2.45, 2.75) is 11.3 Å². The standard InChI is InChI=1S/C15H17ClIN3O3S/c1-23-11-3-4-12(10-9-13(17)19-15(16)14(10)11)24(21,22)20-7-2-5-18-6-8-20/h3-4,9,18H,2,5-8H2,1H3. The lowest BCUT2D eigenvalue weighted by Crippen LogP contribution is -2.34. The molecule has 0 atom stereocenters. The molecule has 1 saturated heterocycles. The van der Waals surface area contributed by atoms with E-state index < -0.39 is 10.0 Å². The maximum atomic E-state index is 13.2. The lowest BCUT2D eigenvalue weighted by atomic mass is 10.1. The summed E-state index contributed by atoms with van der Waals surface area (Å²) < 4.78 is 33.8. The highest BCUT2D eigenvalue weighted by atomic mass is 127. The van der Waals surface area contributed by atoms with Crippen LogP contribution in [0.3, 0.4) is 0 Å². The first-order chi connectivity index (χ1) is 11.4. The lowest BCUT2D eigenvalue weighted by molar-refractivity contribution is 0.419. The van der Waals surface area contributed by atoms with Gasteiger partial charge in [-0.05, 0) is 53.8 Å². The van der Waals surface area contributed by atoms with Crippen molar-refractivity contribution in [2.75, 3.05) is 33.3 Å². The summed E-state index contributed by atoms with van der Waals surface area (Å²) in [6.45, 7) is 2.42. The van der Waals surface area contributed by atoms with E-state index in [2.05, 4.69) is 10.3 Å². The molecule has 3 rings (SSSR count). The largest absolute Gasteiger partial charge is 0.496 e. The molecule has 1 aromatic carbocycles. The summed E-state index contributed by atoms with van der Waals surface area (Å²) in [6, 6.07) is 4.94. The van der Waals surface area contributed by atoms with Crippen LogP contribution in [-0.4, -0.2) is 51.0 Å². The van der Waals surface area contributed by atoms with Gasteiger partial charge in [0.1, 0.15) is 14.6 Å². The van der Waals surface area contributed by atoms with Gasteiger partial charge in [0, 0.05) is 25.0 Å². The van der Waals surface area contributed by atoms with Crippen molar-refractivity contribution in [3.8, 4) is 5.75 Å². The summed E-state index contributed by atoms with van der Waals surface area (Å²) in [5, 5.41) is 4.51. The van der Waals surface area contributed by atoms with E-state index in [1.54, 1.807) is 18.2 Å². The van der Waals surface area contributed by atoms with Gasteiger partial charge in [-0.2, -0.15) is 4.31 Å². The van der Waals surface area contributed by atoms with Crippen LogP contribution in [0, 0.1) is 3.70 Å². The van der Waals surface area contributed by atoms with Gasteiger partial charge in [0.05, 0.1) is 17.4 Å². The Morgan fingerprint density at radius 2 is 2.12 bits per heavy atom. The molecule has 2 heterocycles. The van der Waals surface area contributed by atoms with Crippen molar-refractivity contribution < 1.29 is 13.2 Å². The second-order valence-corrected chi connectivity index (χ2v) is 8.80. The number of aromatic nitrogens is 1. The van der Waals surface area contributed by atoms with Crippen molar-refractivity contribution in [3.05, 3.63) is 27.1 Å². The summed E-state index contributed by atoms with van der Waals surface area (Å²) in [5.74, 6) is 0.510. The zero-order valence-electron chi connectivity index (χ0n) is 13.1. The molecule has 0 unspecified atom stereocenters. The van der Waals surface area contributed by atoms with E-state index >= 15 is 0 Å². The van der Waals surface area contributed by atoms with Crippen molar-refractivity contribution in [3.63, 3.8) is 0 Å². The normalized spacial score (nSPS) is 17.0. The Morgan fingerprint density at radius 3 is 2.88 bits per heavy atom. The number of hydrogen-bond donors (Lipinski definition) is 1. The molecule has 9 heteroatoms. The van der Waals surface area contributed by atoms with Crippen LogP contribution in [0.4, 0.5) is 0 Å². The number of sulfonamides is 1. The van der Waals surface area contributed by atoms with Crippen LogP contribution in [0.15, 0.2) is 23.1 Å². The van der Waals surface area contributed by atoms with E-state index in [1.807, 2.05) is 22.6 Å². The van der Waals surface area contributed by atoms with Crippen molar-refractivity contribution >= 4 is 55.0 Å². The number of fused-ring (bicyclic) bond motifs is 1. The van der Waals surface area contributed by atoms with Gasteiger partial charge >= 0.3 is 0 Å². The third kappa shape index (κ3) is 3.34. The number of nitrogens with zero attached hydrogens (tertiary/aromatic N) is 2. The van der Waals surface area contributed by atoms with Crippen LogP contribution in [0.5, 0.6) is 5.75 Å². The molecular formula is C15H17ClIN3O3S. The summed E-state index contributed by atoms with van der Waals surface area (Å²) in [7, 11) is -2.10. The van der Waals surface area contributed by atoms with E-state index in [0.717, 1.165) is 13.0 Å². The van der Waals surface area contributed by atoms with Gasteiger partial charge in [-0.3, -0.25) is 0 Å². The number of ether oxygens (including phenoxy) is 1. The fourth-order valence-corrected chi connectivity index (χ4v) is 5.47.